The maximum atomic E-state index is 6.32. The molecule has 4 nitrogen and oxygen atoms in total. The van der Waals surface area contributed by atoms with Crippen molar-refractivity contribution in [2.75, 3.05) is 26.4 Å². The molecule has 2 heterocycles. The van der Waals surface area contributed by atoms with Crippen molar-refractivity contribution in [1.29, 1.82) is 0 Å². The number of hydrogen-bond donors (Lipinski definition) is 0. The van der Waals surface area contributed by atoms with Crippen LogP contribution in [0, 0.1) is 0 Å². The van der Waals surface area contributed by atoms with Crippen LogP contribution >= 0.6 is 0 Å². The summed E-state index contributed by atoms with van der Waals surface area (Å²) in [5.41, 5.74) is 7.01. The van der Waals surface area contributed by atoms with Crippen LogP contribution in [0.1, 0.15) is 22.3 Å². The number of benzene rings is 6. The molecule has 0 amide bonds. The van der Waals surface area contributed by atoms with E-state index < -0.39 is 5.41 Å². The van der Waals surface area contributed by atoms with Gasteiger partial charge in [-0.25, -0.2) is 0 Å². The Bertz CT molecular complexity index is 1870. The molecule has 4 heteroatoms. The standard InChI is InChI=1S/C39H30O4/c1-3-15-33-27(9-1)28-10-2-4-16-34(28)39(33,35-17-5-13-31-29(35)11-7-19-37(31)42-23-25-21-40-25)36-18-6-14-32-30(36)12-8-20-38(32)43-24-26-22-41-26/h1-20,25-26H,21-24H2. The van der Waals surface area contributed by atoms with Gasteiger partial charge < -0.3 is 18.9 Å². The first-order valence-corrected chi connectivity index (χ1v) is 15.0. The molecule has 0 aromatic heterocycles. The van der Waals surface area contributed by atoms with Crippen LogP contribution in [-0.4, -0.2) is 38.6 Å². The predicted octanol–water partition coefficient (Wildman–Crippen LogP) is 7.91. The van der Waals surface area contributed by atoms with Gasteiger partial charge in [-0.3, -0.25) is 0 Å². The first kappa shape index (κ1) is 24.9. The molecule has 0 bridgehead atoms. The van der Waals surface area contributed by atoms with Gasteiger partial charge in [0.2, 0.25) is 0 Å². The molecule has 6 aromatic rings. The lowest BCUT2D eigenvalue weighted by atomic mass is 9.65. The Hall–Kier alpha value is -4.64. The zero-order chi connectivity index (χ0) is 28.4. The van der Waals surface area contributed by atoms with E-state index in [1.807, 2.05) is 0 Å². The van der Waals surface area contributed by atoms with Crippen molar-refractivity contribution in [1.82, 2.24) is 0 Å². The fourth-order valence-corrected chi connectivity index (χ4v) is 7.12. The molecule has 43 heavy (non-hydrogen) atoms. The minimum atomic E-state index is -0.567. The van der Waals surface area contributed by atoms with Gasteiger partial charge >= 0.3 is 0 Å². The lowest BCUT2D eigenvalue weighted by Crippen LogP contribution is -2.29. The maximum Gasteiger partial charge on any atom is 0.127 e. The number of ether oxygens (including phenoxy) is 4. The van der Waals surface area contributed by atoms with Crippen LogP contribution in [0.25, 0.3) is 32.7 Å². The van der Waals surface area contributed by atoms with E-state index in [1.54, 1.807) is 0 Å². The van der Waals surface area contributed by atoms with E-state index in [2.05, 4.69) is 121 Å². The largest absolute Gasteiger partial charge is 0.490 e. The second kappa shape index (κ2) is 9.70. The molecular formula is C39H30O4. The smallest absolute Gasteiger partial charge is 0.127 e. The van der Waals surface area contributed by atoms with Gasteiger partial charge in [-0.1, -0.05) is 109 Å². The monoisotopic (exact) mass is 562 g/mol. The topological polar surface area (TPSA) is 43.5 Å². The molecule has 2 saturated heterocycles. The zero-order valence-corrected chi connectivity index (χ0v) is 23.7. The van der Waals surface area contributed by atoms with Gasteiger partial charge in [-0.05, 0) is 56.3 Å². The highest BCUT2D eigenvalue weighted by molar-refractivity contribution is 6.00. The zero-order valence-electron chi connectivity index (χ0n) is 23.7. The normalized spacial score (nSPS) is 19.2. The fraction of sp³-hybridized carbons (Fsp3) is 0.179. The van der Waals surface area contributed by atoms with Gasteiger partial charge in [0.25, 0.3) is 0 Å². The lowest BCUT2D eigenvalue weighted by molar-refractivity contribution is 0.265. The molecule has 0 spiro atoms. The molecule has 9 rings (SSSR count). The van der Waals surface area contributed by atoms with Gasteiger partial charge in [0.05, 0.1) is 18.6 Å². The summed E-state index contributed by atoms with van der Waals surface area (Å²) in [4.78, 5) is 0. The first-order chi connectivity index (χ1) is 21.3. The lowest BCUT2D eigenvalue weighted by Gasteiger charge is -2.36. The average Bonchev–Trinajstić information content (AvgIpc) is 4.01. The van der Waals surface area contributed by atoms with Crippen molar-refractivity contribution < 1.29 is 18.9 Å². The average molecular weight is 563 g/mol. The van der Waals surface area contributed by atoms with Crippen LogP contribution in [0.5, 0.6) is 11.5 Å². The molecule has 2 atom stereocenters. The molecule has 3 aliphatic rings. The van der Waals surface area contributed by atoms with Crippen molar-refractivity contribution in [3.8, 4) is 22.6 Å². The highest BCUT2D eigenvalue weighted by atomic mass is 16.6. The van der Waals surface area contributed by atoms with Gasteiger partial charge in [-0.15, -0.1) is 0 Å². The second-order valence-electron chi connectivity index (χ2n) is 11.7. The van der Waals surface area contributed by atoms with Crippen LogP contribution in [-0.2, 0) is 14.9 Å². The molecule has 1 aliphatic carbocycles. The van der Waals surface area contributed by atoms with Gasteiger partial charge in [-0.2, -0.15) is 0 Å². The SMILES string of the molecule is c1ccc2c(c1)-c1ccccc1C2(c1cccc2c(OCC3CO3)cccc12)c1cccc2c(OCC3CO3)cccc12. The van der Waals surface area contributed by atoms with E-state index in [1.165, 1.54) is 44.2 Å². The van der Waals surface area contributed by atoms with E-state index in [4.69, 9.17) is 18.9 Å². The third kappa shape index (κ3) is 3.91. The quantitative estimate of drug-likeness (QED) is 0.177. The van der Waals surface area contributed by atoms with E-state index in [9.17, 15) is 0 Å². The Kier molecular flexibility index (Phi) is 5.62. The Balaban J connectivity index is 1.36. The van der Waals surface area contributed by atoms with Crippen molar-refractivity contribution in [2.24, 2.45) is 0 Å². The number of epoxide rings is 2. The third-order valence-corrected chi connectivity index (χ3v) is 9.18. The molecule has 0 N–H and O–H groups in total. The van der Waals surface area contributed by atoms with Gasteiger partial charge in [0.1, 0.15) is 36.9 Å². The molecule has 0 radical (unpaired) electrons. The van der Waals surface area contributed by atoms with E-state index in [-0.39, 0.29) is 12.2 Å². The maximum absolute atomic E-state index is 6.32. The van der Waals surface area contributed by atoms with Gasteiger partial charge in [0.15, 0.2) is 0 Å². The van der Waals surface area contributed by atoms with Crippen molar-refractivity contribution in [3.05, 3.63) is 144 Å². The molecule has 2 fully saturated rings. The first-order valence-electron chi connectivity index (χ1n) is 15.0. The number of rotatable bonds is 8. The summed E-state index contributed by atoms with van der Waals surface area (Å²) in [6.07, 6.45) is 0.383. The minimum Gasteiger partial charge on any atom is -0.490 e. The molecular weight excluding hydrogens is 532 g/mol. The molecule has 6 aromatic carbocycles. The Morgan fingerprint density at radius 2 is 0.860 bits per heavy atom. The number of hydrogen-bond acceptors (Lipinski definition) is 4. The van der Waals surface area contributed by atoms with Crippen molar-refractivity contribution in [2.45, 2.75) is 17.6 Å². The van der Waals surface area contributed by atoms with Crippen LogP contribution < -0.4 is 9.47 Å². The second-order valence-corrected chi connectivity index (χ2v) is 11.7. The summed E-state index contributed by atoms with van der Waals surface area (Å²) in [6.45, 7) is 2.68. The van der Waals surface area contributed by atoms with E-state index in [0.717, 1.165) is 35.5 Å². The summed E-state index contributed by atoms with van der Waals surface area (Å²) in [7, 11) is 0. The van der Waals surface area contributed by atoms with Crippen LogP contribution in [0.4, 0.5) is 0 Å². The van der Waals surface area contributed by atoms with Gasteiger partial charge in [0, 0.05) is 10.8 Å². The third-order valence-electron chi connectivity index (χ3n) is 9.18. The molecule has 210 valence electrons. The fourth-order valence-electron chi connectivity index (χ4n) is 7.12. The highest BCUT2D eigenvalue weighted by Gasteiger charge is 2.47. The Labute approximate surface area is 250 Å². The summed E-state index contributed by atoms with van der Waals surface area (Å²) in [6, 6.07) is 44.0. The van der Waals surface area contributed by atoms with Crippen molar-refractivity contribution >= 4 is 21.5 Å². The predicted molar refractivity (Wildman–Crippen MR) is 169 cm³/mol. The molecule has 2 unspecified atom stereocenters. The minimum absolute atomic E-state index is 0.192. The van der Waals surface area contributed by atoms with E-state index in [0.29, 0.717) is 13.2 Å². The highest BCUT2D eigenvalue weighted by Crippen LogP contribution is 2.58. The van der Waals surface area contributed by atoms with Crippen LogP contribution in [0.3, 0.4) is 0 Å². The molecule has 0 saturated carbocycles. The summed E-state index contributed by atoms with van der Waals surface area (Å²) in [5, 5.41) is 4.57. The summed E-state index contributed by atoms with van der Waals surface area (Å²) in [5.74, 6) is 1.78. The Morgan fingerprint density at radius 1 is 0.465 bits per heavy atom. The van der Waals surface area contributed by atoms with E-state index >= 15 is 0 Å². The number of fused-ring (bicyclic) bond motifs is 5. The summed E-state index contributed by atoms with van der Waals surface area (Å²) >= 11 is 0. The van der Waals surface area contributed by atoms with Crippen LogP contribution in [0.15, 0.2) is 121 Å². The molecule has 2 aliphatic heterocycles. The van der Waals surface area contributed by atoms with Crippen LogP contribution in [0.2, 0.25) is 0 Å². The van der Waals surface area contributed by atoms with Crippen molar-refractivity contribution in [3.63, 3.8) is 0 Å². The summed E-state index contributed by atoms with van der Waals surface area (Å²) < 4.78 is 23.5. The Morgan fingerprint density at radius 3 is 1.33 bits per heavy atom.